The van der Waals surface area contributed by atoms with E-state index in [0.717, 1.165) is 16.9 Å². The Hall–Kier alpha value is 0.980. The van der Waals surface area contributed by atoms with Gasteiger partial charge in [0.2, 0.25) is 0 Å². The third-order valence-electron chi connectivity index (χ3n) is 1.13. The van der Waals surface area contributed by atoms with Crippen LogP contribution in [-0.4, -0.2) is 59.9 Å². The molecule has 0 aliphatic carbocycles. The van der Waals surface area contributed by atoms with Crippen molar-refractivity contribution in [3.63, 3.8) is 0 Å². The van der Waals surface area contributed by atoms with Gasteiger partial charge < -0.3 is 26.7 Å². The molecule has 0 unspecified atom stereocenters. The maximum absolute atomic E-state index is 9.84. The summed E-state index contributed by atoms with van der Waals surface area (Å²) in [6.45, 7) is 1.04. The molecule has 0 aliphatic rings. The molecule has 8 heteroatoms. The Morgan fingerprint density at radius 3 is 1.53 bits per heavy atom. The lowest BCUT2D eigenvalue weighted by atomic mass is 10.6. The van der Waals surface area contributed by atoms with Crippen molar-refractivity contribution in [3.8, 4) is 0 Å². The standard InChI is InChI=1S/C5H13ClN.C2H6ClO3P.ClH/c1-7(2,3)5-4-6;3-1-2-7(4,5)6;/h4-5H2,1-3H3;1-2H2,(H2,4,5,6);1H/q+1;;/p-1. The highest BCUT2D eigenvalue weighted by molar-refractivity contribution is 7.51. The molecule has 0 atom stereocenters. The minimum atomic E-state index is -3.80. The van der Waals surface area contributed by atoms with E-state index in [-0.39, 0.29) is 24.4 Å². The largest absolute Gasteiger partial charge is 1.00 e. The third-order valence-corrected chi connectivity index (χ3v) is 2.56. The summed E-state index contributed by atoms with van der Waals surface area (Å²) in [4.78, 5) is 16.1. The molecule has 0 bridgehead atoms. The summed E-state index contributed by atoms with van der Waals surface area (Å²) in [6, 6.07) is 0. The van der Waals surface area contributed by atoms with Crippen molar-refractivity contribution in [2.45, 2.75) is 0 Å². The molecule has 0 saturated carbocycles. The fourth-order valence-corrected chi connectivity index (χ4v) is 1.75. The van der Waals surface area contributed by atoms with Crippen molar-refractivity contribution in [1.29, 1.82) is 0 Å². The minimum absolute atomic E-state index is 0. The number of nitrogens with zero attached hydrogens (tertiary/aromatic N) is 1. The van der Waals surface area contributed by atoms with E-state index >= 15 is 0 Å². The van der Waals surface area contributed by atoms with Gasteiger partial charge in [-0.1, -0.05) is 0 Å². The molecule has 0 aromatic rings. The summed E-state index contributed by atoms with van der Waals surface area (Å²) in [5.41, 5.74) is 0. The van der Waals surface area contributed by atoms with Crippen LogP contribution in [0.1, 0.15) is 0 Å². The Labute approximate surface area is 108 Å². The van der Waals surface area contributed by atoms with E-state index in [1.165, 1.54) is 0 Å². The van der Waals surface area contributed by atoms with Crippen molar-refractivity contribution < 1.29 is 31.2 Å². The molecule has 0 aromatic heterocycles. The first-order chi connectivity index (χ1) is 6.12. The van der Waals surface area contributed by atoms with Gasteiger partial charge in [-0.15, -0.1) is 23.2 Å². The van der Waals surface area contributed by atoms with Gasteiger partial charge in [-0.05, 0) is 0 Å². The molecular weight excluding hydrogens is 283 g/mol. The fourth-order valence-electron chi connectivity index (χ4n) is 0.364. The first-order valence-corrected chi connectivity index (χ1v) is 6.96. The molecule has 4 nitrogen and oxygen atoms in total. The molecule has 0 radical (unpaired) electrons. The quantitative estimate of drug-likeness (QED) is 0.371. The first-order valence-electron chi connectivity index (χ1n) is 4.09. The average Bonchev–Trinajstić information content (AvgIpc) is 1.81. The summed E-state index contributed by atoms with van der Waals surface area (Å²) in [7, 11) is 2.58. The summed E-state index contributed by atoms with van der Waals surface area (Å²) < 4.78 is 10.8. The van der Waals surface area contributed by atoms with Gasteiger partial charge in [-0.25, -0.2) is 0 Å². The Kier molecular flexibility index (Phi) is 14.4. The Morgan fingerprint density at radius 2 is 1.53 bits per heavy atom. The molecule has 0 fully saturated rings. The summed E-state index contributed by atoms with van der Waals surface area (Å²) in [6.07, 6.45) is -0.228. The van der Waals surface area contributed by atoms with Crippen LogP contribution in [-0.2, 0) is 4.57 Å². The van der Waals surface area contributed by atoms with Crippen LogP contribution < -0.4 is 12.4 Å². The van der Waals surface area contributed by atoms with Gasteiger partial charge in [0.15, 0.2) is 0 Å². The van der Waals surface area contributed by atoms with Gasteiger partial charge in [0, 0.05) is 5.88 Å². The van der Waals surface area contributed by atoms with E-state index in [2.05, 4.69) is 21.1 Å². The number of hydrogen-bond acceptors (Lipinski definition) is 1. The van der Waals surface area contributed by atoms with Crippen molar-refractivity contribution in [3.05, 3.63) is 0 Å². The van der Waals surface area contributed by atoms with Gasteiger partial charge in [-0.2, -0.15) is 0 Å². The number of alkyl halides is 2. The van der Waals surface area contributed by atoms with Gasteiger partial charge >= 0.3 is 7.60 Å². The Balaban J connectivity index is -0.000000180. The fraction of sp³-hybridized carbons (Fsp3) is 1.00. The highest BCUT2D eigenvalue weighted by atomic mass is 35.5. The second-order valence-corrected chi connectivity index (χ2v) is 6.31. The van der Waals surface area contributed by atoms with Crippen LogP contribution in [0, 0.1) is 0 Å². The zero-order chi connectivity index (χ0) is 11.8. The minimum Gasteiger partial charge on any atom is -1.00 e. The molecule has 96 valence electrons. The molecule has 2 N–H and O–H groups in total. The lowest BCUT2D eigenvalue weighted by Crippen LogP contribution is -3.00. The normalized spacial score (nSPS) is 11.1. The van der Waals surface area contributed by atoms with Crippen LogP contribution in [0.3, 0.4) is 0 Å². The first kappa shape index (κ1) is 21.3. The lowest BCUT2D eigenvalue weighted by molar-refractivity contribution is -0.867. The predicted octanol–water partition coefficient (Wildman–Crippen LogP) is -1.66. The summed E-state index contributed by atoms with van der Waals surface area (Å²) in [5.74, 6) is 0.772. The molecule has 0 heterocycles. The highest BCUT2D eigenvalue weighted by Crippen LogP contribution is 2.33. The lowest BCUT2D eigenvalue weighted by Gasteiger charge is -2.21. The molecular formula is C7H19Cl3NO3P. The molecule has 0 amide bonds. The zero-order valence-corrected chi connectivity index (χ0v) is 12.3. The van der Waals surface area contributed by atoms with E-state index in [4.69, 9.17) is 33.0 Å². The Morgan fingerprint density at radius 1 is 1.13 bits per heavy atom. The summed E-state index contributed by atoms with van der Waals surface area (Å²) in [5, 5.41) is 0. The van der Waals surface area contributed by atoms with Crippen LogP contribution in [0.15, 0.2) is 0 Å². The van der Waals surface area contributed by atoms with Crippen LogP contribution >= 0.6 is 30.8 Å². The topological polar surface area (TPSA) is 57.5 Å². The number of halogens is 3. The smallest absolute Gasteiger partial charge is 0.326 e. The zero-order valence-electron chi connectivity index (χ0n) is 9.16. The molecule has 0 rings (SSSR count). The van der Waals surface area contributed by atoms with Gasteiger partial charge in [-0.3, -0.25) is 4.57 Å². The molecule has 0 aromatic carbocycles. The van der Waals surface area contributed by atoms with E-state index < -0.39 is 7.60 Å². The average molecular weight is 303 g/mol. The maximum atomic E-state index is 9.84. The van der Waals surface area contributed by atoms with E-state index in [9.17, 15) is 4.57 Å². The number of rotatable bonds is 4. The SMILES string of the molecule is C[N+](C)(C)CCCl.O=P(O)(O)CCCl.[Cl-]. The van der Waals surface area contributed by atoms with Gasteiger partial charge in [0.05, 0.1) is 39.7 Å². The number of hydrogen-bond donors (Lipinski definition) is 2. The van der Waals surface area contributed by atoms with Crippen molar-refractivity contribution in [2.24, 2.45) is 0 Å². The third kappa shape index (κ3) is 31.3. The predicted molar refractivity (Wildman–Crippen MR) is 61.3 cm³/mol. The molecule has 0 saturated heterocycles. The van der Waals surface area contributed by atoms with E-state index in [1.807, 2.05) is 0 Å². The number of quaternary nitrogens is 1. The van der Waals surface area contributed by atoms with Crippen LogP contribution in [0.25, 0.3) is 0 Å². The highest BCUT2D eigenvalue weighted by Gasteiger charge is 2.09. The van der Waals surface area contributed by atoms with Crippen molar-refractivity contribution in [1.82, 2.24) is 0 Å². The van der Waals surface area contributed by atoms with Crippen LogP contribution in [0.4, 0.5) is 0 Å². The Bertz CT molecular complexity index is 181. The molecule has 0 aliphatic heterocycles. The monoisotopic (exact) mass is 301 g/mol. The van der Waals surface area contributed by atoms with E-state index in [1.54, 1.807) is 0 Å². The van der Waals surface area contributed by atoms with Crippen LogP contribution in [0.2, 0.25) is 0 Å². The van der Waals surface area contributed by atoms with Crippen molar-refractivity contribution in [2.75, 3.05) is 45.6 Å². The molecule has 15 heavy (non-hydrogen) atoms. The van der Waals surface area contributed by atoms with Gasteiger partial charge in [0.1, 0.15) is 0 Å². The van der Waals surface area contributed by atoms with Crippen molar-refractivity contribution >= 4 is 30.8 Å². The second kappa shape index (κ2) is 10.2. The van der Waals surface area contributed by atoms with Gasteiger partial charge in [0.25, 0.3) is 0 Å². The van der Waals surface area contributed by atoms with E-state index in [0.29, 0.717) is 0 Å². The summed E-state index contributed by atoms with van der Waals surface area (Å²) >= 11 is 10.5. The molecule has 0 spiro atoms. The maximum Gasteiger partial charge on any atom is 0.326 e. The second-order valence-electron chi connectivity index (χ2n) is 3.78. The van der Waals surface area contributed by atoms with Crippen LogP contribution in [0.5, 0.6) is 0 Å².